The summed E-state index contributed by atoms with van der Waals surface area (Å²) in [5, 5.41) is 3.93. The van der Waals surface area contributed by atoms with Gasteiger partial charge in [0.2, 0.25) is 5.91 Å². The molecule has 0 fully saturated rings. The van der Waals surface area contributed by atoms with Gasteiger partial charge in [0, 0.05) is 25.4 Å². The molecule has 2 N–H and O–H groups in total. The van der Waals surface area contributed by atoms with Crippen molar-refractivity contribution < 1.29 is 9.18 Å². The molecular weight excluding hydrogens is 247 g/mol. The van der Waals surface area contributed by atoms with Gasteiger partial charge in [-0.15, -0.1) is 0 Å². The SMILES string of the molecule is CN(Cc1ccccc1F)C(=O)Cn1cc(N)cn1. The number of aromatic nitrogens is 2. The number of anilines is 1. The van der Waals surface area contributed by atoms with Crippen LogP contribution in [0.1, 0.15) is 5.56 Å². The number of likely N-dealkylation sites (N-methyl/N-ethyl adjacent to an activating group) is 1. The summed E-state index contributed by atoms with van der Waals surface area (Å²) in [5.41, 5.74) is 6.50. The van der Waals surface area contributed by atoms with Crippen LogP contribution in [0.2, 0.25) is 0 Å². The van der Waals surface area contributed by atoms with E-state index in [4.69, 9.17) is 5.73 Å². The minimum Gasteiger partial charge on any atom is -0.396 e. The van der Waals surface area contributed by atoms with E-state index in [2.05, 4.69) is 5.10 Å². The number of carbonyl (C=O) groups is 1. The number of nitrogen functional groups attached to an aromatic ring is 1. The molecule has 2 aromatic rings. The first kappa shape index (κ1) is 13.1. The number of benzene rings is 1. The lowest BCUT2D eigenvalue weighted by atomic mass is 10.2. The summed E-state index contributed by atoms with van der Waals surface area (Å²) in [6.45, 7) is 0.310. The molecule has 0 bridgehead atoms. The molecule has 0 unspecified atom stereocenters. The third-order valence-electron chi connectivity index (χ3n) is 2.74. The van der Waals surface area contributed by atoms with Crippen LogP contribution in [-0.2, 0) is 17.9 Å². The Balaban J connectivity index is 1.98. The van der Waals surface area contributed by atoms with Crippen LogP contribution in [0.5, 0.6) is 0 Å². The van der Waals surface area contributed by atoms with Crippen molar-refractivity contribution in [1.82, 2.24) is 14.7 Å². The van der Waals surface area contributed by atoms with Crippen LogP contribution in [0.25, 0.3) is 0 Å². The van der Waals surface area contributed by atoms with Crippen LogP contribution in [0.4, 0.5) is 10.1 Å². The molecule has 0 spiro atoms. The summed E-state index contributed by atoms with van der Waals surface area (Å²) in [6, 6.07) is 6.39. The van der Waals surface area contributed by atoms with Crippen molar-refractivity contribution in [2.45, 2.75) is 13.1 Å². The van der Waals surface area contributed by atoms with E-state index in [1.54, 1.807) is 31.4 Å². The summed E-state index contributed by atoms with van der Waals surface area (Å²) in [5.74, 6) is -0.475. The second kappa shape index (κ2) is 5.51. The Morgan fingerprint density at radius 2 is 2.21 bits per heavy atom. The van der Waals surface area contributed by atoms with Crippen LogP contribution in [0.15, 0.2) is 36.7 Å². The van der Waals surface area contributed by atoms with E-state index in [9.17, 15) is 9.18 Å². The number of carbonyl (C=O) groups excluding carboxylic acids is 1. The number of amides is 1. The van der Waals surface area contributed by atoms with E-state index in [1.165, 1.54) is 21.8 Å². The van der Waals surface area contributed by atoms with Crippen LogP contribution < -0.4 is 5.73 Å². The Labute approximate surface area is 110 Å². The van der Waals surface area contributed by atoms with Crippen molar-refractivity contribution in [3.05, 3.63) is 48.0 Å². The fourth-order valence-electron chi connectivity index (χ4n) is 1.70. The second-order valence-electron chi connectivity index (χ2n) is 4.31. The van der Waals surface area contributed by atoms with E-state index in [-0.39, 0.29) is 24.8 Å². The predicted molar refractivity (Wildman–Crippen MR) is 69.5 cm³/mol. The Kier molecular flexibility index (Phi) is 3.79. The van der Waals surface area contributed by atoms with Gasteiger partial charge in [-0.05, 0) is 6.07 Å². The first-order chi connectivity index (χ1) is 9.06. The minimum absolute atomic E-state index is 0.0855. The molecule has 0 atom stereocenters. The van der Waals surface area contributed by atoms with Gasteiger partial charge in [0.15, 0.2) is 0 Å². The monoisotopic (exact) mass is 262 g/mol. The highest BCUT2D eigenvalue weighted by Gasteiger charge is 2.12. The van der Waals surface area contributed by atoms with E-state index >= 15 is 0 Å². The van der Waals surface area contributed by atoms with Gasteiger partial charge in [-0.25, -0.2) is 4.39 Å². The van der Waals surface area contributed by atoms with Crippen molar-refractivity contribution >= 4 is 11.6 Å². The molecule has 1 heterocycles. The summed E-state index contributed by atoms with van der Waals surface area (Å²) in [7, 11) is 1.63. The molecule has 2 rings (SSSR count). The van der Waals surface area contributed by atoms with Crippen LogP contribution in [-0.4, -0.2) is 27.6 Å². The topological polar surface area (TPSA) is 64.2 Å². The number of nitrogens with two attached hydrogens (primary N) is 1. The van der Waals surface area contributed by atoms with Gasteiger partial charge in [-0.2, -0.15) is 5.10 Å². The average Bonchev–Trinajstić information content (AvgIpc) is 2.77. The first-order valence-electron chi connectivity index (χ1n) is 5.81. The molecule has 0 aliphatic rings. The van der Waals surface area contributed by atoms with Crippen molar-refractivity contribution in [1.29, 1.82) is 0 Å². The molecule has 19 heavy (non-hydrogen) atoms. The van der Waals surface area contributed by atoms with Gasteiger partial charge in [0.05, 0.1) is 11.9 Å². The van der Waals surface area contributed by atoms with Gasteiger partial charge >= 0.3 is 0 Å². The van der Waals surface area contributed by atoms with Crippen LogP contribution >= 0.6 is 0 Å². The zero-order valence-electron chi connectivity index (χ0n) is 10.6. The third-order valence-corrected chi connectivity index (χ3v) is 2.74. The predicted octanol–water partition coefficient (Wildman–Crippen LogP) is 1.26. The molecular formula is C13H15FN4O. The average molecular weight is 262 g/mol. The summed E-state index contributed by atoms with van der Waals surface area (Å²) < 4.78 is 14.9. The number of hydrogen-bond donors (Lipinski definition) is 1. The van der Waals surface area contributed by atoms with Gasteiger partial charge < -0.3 is 10.6 Å². The summed E-state index contributed by atoms with van der Waals surface area (Å²) in [4.78, 5) is 13.4. The van der Waals surface area contributed by atoms with E-state index in [0.29, 0.717) is 11.3 Å². The van der Waals surface area contributed by atoms with Gasteiger partial charge in [-0.1, -0.05) is 18.2 Å². The fraction of sp³-hybridized carbons (Fsp3) is 0.231. The smallest absolute Gasteiger partial charge is 0.244 e. The number of hydrogen-bond acceptors (Lipinski definition) is 3. The van der Waals surface area contributed by atoms with E-state index in [0.717, 1.165) is 0 Å². The lowest BCUT2D eigenvalue weighted by molar-refractivity contribution is -0.131. The Morgan fingerprint density at radius 1 is 1.47 bits per heavy atom. The quantitative estimate of drug-likeness (QED) is 0.902. The number of nitrogens with zero attached hydrogens (tertiary/aromatic N) is 3. The first-order valence-corrected chi connectivity index (χ1v) is 5.81. The molecule has 0 aliphatic heterocycles. The molecule has 1 amide bonds. The van der Waals surface area contributed by atoms with Crippen molar-refractivity contribution in [3.63, 3.8) is 0 Å². The highest BCUT2D eigenvalue weighted by atomic mass is 19.1. The van der Waals surface area contributed by atoms with Crippen LogP contribution in [0.3, 0.4) is 0 Å². The maximum absolute atomic E-state index is 13.5. The zero-order chi connectivity index (χ0) is 13.8. The molecule has 0 saturated heterocycles. The molecule has 6 heteroatoms. The minimum atomic E-state index is -0.314. The molecule has 1 aromatic carbocycles. The van der Waals surface area contributed by atoms with Gasteiger partial charge in [0.1, 0.15) is 12.4 Å². The van der Waals surface area contributed by atoms with E-state index < -0.39 is 0 Å². The molecule has 5 nitrogen and oxygen atoms in total. The van der Waals surface area contributed by atoms with Crippen molar-refractivity contribution in [2.24, 2.45) is 0 Å². The van der Waals surface area contributed by atoms with Crippen molar-refractivity contribution in [3.8, 4) is 0 Å². The molecule has 0 radical (unpaired) electrons. The molecule has 0 saturated carbocycles. The van der Waals surface area contributed by atoms with Gasteiger partial charge in [-0.3, -0.25) is 9.48 Å². The standard InChI is InChI=1S/C13H15FN4O/c1-17(7-10-4-2-3-5-12(10)14)13(19)9-18-8-11(15)6-16-18/h2-6,8H,7,9,15H2,1H3. The summed E-state index contributed by atoms with van der Waals surface area (Å²) >= 11 is 0. The van der Waals surface area contributed by atoms with Crippen LogP contribution in [0, 0.1) is 5.82 Å². The maximum Gasteiger partial charge on any atom is 0.244 e. The normalized spacial score (nSPS) is 10.4. The molecule has 0 aliphatic carbocycles. The Hall–Kier alpha value is -2.37. The molecule has 1 aromatic heterocycles. The van der Waals surface area contributed by atoms with E-state index in [1.807, 2.05) is 0 Å². The lowest BCUT2D eigenvalue weighted by Gasteiger charge is -2.17. The highest BCUT2D eigenvalue weighted by molar-refractivity contribution is 5.75. The molecule has 100 valence electrons. The second-order valence-corrected chi connectivity index (χ2v) is 4.31. The number of halogens is 1. The lowest BCUT2D eigenvalue weighted by Crippen LogP contribution is -2.30. The maximum atomic E-state index is 13.5. The largest absolute Gasteiger partial charge is 0.396 e. The zero-order valence-corrected chi connectivity index (χ0v) is 10.6. The number of rotatable bonds is 4. The Morgan fingerprint density at radius 3 is 2.84 bits per heavy atom. The van der Waals surface area contributed by atoms with Gasteiger partial charge in [0.25, 0.3) is 0 Å². The van der Waals surface area contributed by atoms with Crippen molar-refractivity contribution in [2.75, 3.05) is 12.8 Å². The Bertz CT molecular complexity index is 582. The summed E-state index contributed by atoms with van der Waals surface area (Å²) in [6.07, 6.45) is 3.05. The fourth-order valence-corrected chi connectivity index (χ4v) is 1.70. The third kappa shape index (κ3) is 3.31. The highest BCUT2D eigenvalue weighted by Crippen LogP contribution is 2.09.